The van der Waals surface area contributed by atoms with E-state index in [9.17, 15) is 0 Å². The van der Waals surface area contributed by atoms with Crippen LogP contribution in [0.2, 0.25) is 0 Å². The van der Waals surface area contributed by atoms with E-state index in [0.717, 1.165) is 23.3 Å². The minimum atomic E-state index is 0.130. The number of para-hydroxylation sites is 1. The van der Waals surface area contributed by atoms with Crippen LogP contribution in [0.3, 0.4) is 0 Å². The van der Waals surface area contributed by atoms with Crippen LogP contribution in [0.1, 0.15) is 24.0 Å². The summed E-state index contributed by atoms with van der Waals surface area (Å²) in [5.41, 5.74) is 8.25. The second-order valence-corrected chi connectivity index (χ2v) is 5.64. The average molecular weight is 345 g/mol. The van der Waals surface area contributed by atoms with Gasteiger partial charge in [-0.25, -0.2) is 0 Å². The molecule has 0 radical (unpaired) electrons. The van der Waals surface area contributed by atoms with Crippen LogP contribution in [0.5, 0.6) is 23.0 Å². The van der Waals surface area contributed by atoms with Crippen molar-refractivity contribution in [1.29, 1.82) is 0 Å². The SMILES string of the molecule is CCOc1ccccc1C(CN)Cc1cc(OC)c(OC)c(OC)c1. The van der Waals surface area contributed by atoms with Gasteiger partial charge in [-0.15, -0.1) is 0 Å². The Balaban J connectivity index is 2.36. The first-order valence-corrected chi connectivity index (χ1v) is 8.39. The third-order valence-electron chi connectivity index (χ3n) is 4.15. The topological polar surface area (TPSA) is 62.9 Å². The molecule has 0 fully saturated rings. The molecule has 2 rings (SSSR count). The number of benzene rings is 2. The summed E-state index contributed by atoms with van der Waals surface area (Å²) in [7, 11) is 4.83. The largest absolute Gasteiger partial charge is 0.494 e. The van der Waals surface area contributed by atoms with E-state index in [2.05, 4.69) is 6.07 Å². The molecule has 1 atom stereocenters. The zero-order valence-electron chi connectivity index (χ0n) is 15.4. The number of methoxy groups -OCH3 is 3. The summed E-state index contributed by atoms with van der Waals surface area (Å²) in [6.07, 6.45) is 0.747. The Labute approximate surface area is 149 Å². The maximum absolute atomic E-state index is 6.07. The highest BCUT2D eigenvalue weighted by Gasteiger charge is 2.19. The molecule has 0 heterocycles. The van der Waals surface area contributed by atoms with Gasteiger partial charge in [-0.3, -0.25) is 0 Å². The maximum Gasteiger partial charge on any atom is 0.203 e. The van der Waals surface area contributed by atoms with E-state index in [-0.39, 0.29) is 5.92 Å². The Kier molecular flexibility index (Phi) is 6.95. The summed E-state index contributed by atoms with van der Waals surface area (Å²) in [6, 6.07) is 12.0. The van der Waals surface area contributed by atoms with Gasteiger partial charge in [-0.05, 0) is 49.2 Å². The minimum absolute atomic E-state index is 0.130. The lowest BCUT2D eigenvalue weighted by molar-refractivity contribution is 0.323. The highest BCUT2D eigenvalue weighted by Crippen LogP contribution is 2.39. The summed E-state index contributed by atoms with van der Waals surface area (Å²) in [4.78, 5) is 0. The minimum Gasteiger partial charge on any atom is -0.494 e. The van der Waals surface area contributed by atoms with Crippen LogP contribution in [0.15, 0.2) is 36.4 Å². The zero-order valence-corrected chi connectivity index (χ0v) is 15.4. The quantitative estimate of drug-likeness (QED) is 0.755. The molecule has 0 aliphatic carbocycles. The molecule has 5 heteroatoms. The van der Waals surface area contributed by atoms with Crippen molar-refractivity contribution >= 4 is 0 Å². The Bertz CT molecular complexity index is 662. The zero-order chi connectivity index (χ0) is 18.2. The summed E-state index contributed by atoms with van der Waals surface area (Å²) in [6.45, 7) is 3.12. The fourth-order valence-electron chi connectivity index (χ4n) is 2.96. The van der Waals surface area contributed by atoms with E-state index < -0.39 is 0 Å². The van der Waals surface area contributed by atoms with Gasteiger partial charge in [0.15, 0.2) is 11.5 Å². The Morgan fingerprint density at radius 3 is 2.08 bits per heavy atom. The Morgan fingerprint density at radius 2 is 1.56 bits per heavy atom. The van der Waals surface area contributed by atoms with Crippen LogP contribution in [0.25, 0.3) is 0 Å². The maximum atomic E-state index is 6.07. The molecule has 0 amide bonds. The second kappa shape index (κ2) is 9.18. The molecule has 0 saturated heterocycles. The number of nitrogens with two attached hydrogens (primary N) is 1. The molecule has 0 aliphatic rings. The lowest BCUT2D eigenvalue weighted by Gasteiger charge is -2.20. The summed E-state index contributed by atoms with van der Waals surface area (Å²) in [5.74, 6) is 2.89. The monoisotopic (exact) mass is 345 g/mol. The van der Waals surface area contributed by atoms with E-state index in [4.69, 9.17) is 24.7 Å². The standard InChI is InChI=1S/C20H27NO4/c1-5-25-17-9-7-6-8-16(17)15(13-21)10-14-11-18(22-2)20(24-4)19(12-14)23-3/h6-9,11-12,15H,5,10,13,21H2,1-4H3. The molecule has 1 unspecified atom stereocenters. The van der Waals surface area contributed by atoms with E-state index in [1.54, 1.807) is 21.3 Å². The Hall–Kier alpha value is -2.40. The first-order valence-electron chi connectivity index (χ1n) is 8.39. The lowest BCUT2D eigenvalue weighted by atomic mass is 9.91. The van der Waals surface area contributed by atoms with E-state index in [0.29, 0.717) is 30.4 Å². The molecule has 2 aromatic carbocycles. The van der Waals surface area contributed by atoms with Gasteiger partial charge < -0.3 is 24.7 Å². The molecule has 2 N–H and O–H groups in total. The molecule has 0 aromatic heterocycles. The van der Waals surface area contributed by atoms with Crippen LogP contribution in [0, 0.1) is 0 Å². The molecule has 0 aliphatic heterocycles. The van der Waals surface area contributed by atoms with Gasteiger partial charge in [0, 0.05) is 5.92 Å². The third kappa shape index (κ3) is 4.37. The van der Waals surface area contributed by atoms with Gasteiger partial charge in [0.05, 0.1) is 27.9 Å². The summed E-state index contributed by atoms with van der Waals surface area (Å²) < 4.78 is 22.0. The summed E-state index contributed by atoms with van der Waals surface area (Å²) >= 11 is 0. The van der Waals surface area contributed by atoms with Gasteiger partial charge in [0.25, 0.3) is 0 Å². The molecule has 0 bridgehead atoms. The van der Waals surface area contributed by atoms with Gasteiger partial charge in [0.1, 0.15) is 5.75 Å². The molecule has 136 valence electrons. The predicted molar refractivity (Wildman–Crippen MR) is 99.2 cm³/mol. The lowest BCUT2D eigenvalue weighted by Crippen LogP contribution is -2.16. The van der Waals surface area contributed by atoms with Crippen molar-refractivity contribution in [2.45, 2.75) is 19.3 Å². The molecule has 5 nitrogen and oxygen atoms in total. The predicted octanol–water partition coefficient (Wildman–Crippen LogP) is 3.40. The molecule has 0 saturated carbocycles. The van der Waals surface area contributed by atoms with Crippen molar-refractivity contribution in [1.82, 2.24) is 0 Å². The van der Waals surface area contributed by atoms with E-state index >= 15 is 0 Å². The number of ether oxygens (including phenoxy) is 4. The van der Waals surface area contributed by atoms with Crippen LogP contribution >= 0.6 is 0 Å². The van der Waals surface area contributed by atoms with Crippen molar-refractivity contribution in [2.24, 2.45) is 5.73 Å². The molecule has 25 heavy (non-hydrogen) atoms. The fourth-order valence-corrected chi connectivity index (χ4v) is 2.96. The first-order chi connectivity index (χ1) is 12.2. The molecular formula is C20H27NO4. The van der Waals surface area contributed by atoms with Gasteiger partial charge in [0.2, 0.25) is 5.75 Å². The van der Waals surface area contributed by atoms with Crippen molar-refractivity contribution in [3.8, 4) is 23.0 Å². The normalized spacial score (nSPS) is 11.7. The average Bonchev–Trinajstić information content (AvgIpc) is 2.66. The van der Waals surface area contributed by atoms with Crippen molar-refractivity contribution in [2.75, 3.05) is 34.5 Å². The Morgan fingerprint density at radius 1 is 0.920 bits per heavy atom. The molecular weight excluding hydrogens is 318 g/mol. The van der Waals surface area contributed by atoms with Gasteiger partial charge in [-0.1, -0.05) is 18.2 Å². The highest BCUT2D eigenvalue weighted by atomic mass is 16.5. The van der Waals surface area contributed by atoms with Crippen molar-refractivity contribution in [3.63, 3.8) is 0 Å². The van der Waals surface area contributed by atoms with Crippen molar-refractivity contribution < 1.29 is 18.9 Å². The molecule has 0 spiro atoms. The third-order valence-corrected chi connectivity index (χ3v) is 4.15. The highest BCUT2D eigenvalue weighted by molar-refractivity contribution is 5.54. The van der Waals surface area contributed by atoms with E-state index in [1.807, 2.05) is 37.3 Å². The van der Waals surface area contributed by atoms with Crippen LogP contribution in [-0.4, -0.2) is 34.5 Å². The van der Waals surface area contributed by atoms with Gasteiger partial charge >= 0.3 is 0 Å². The number of hydrogen-bond acceptors (Lipinski definition) is 5. The molecule has 2 aromatic rings. The van der Waals surface area contributed by atoms with Crippen LogP contribution < -0.4 is 24.7 Å². The summed E-state index contributed by atoms with van der Waals surface area (Å²) in [5, 5.41) is 0. The van der Waals surface area contributed by atoms with Crippen LogP contribution in [0.4, 0.5) is 0 Å². The van der Waals surface area contributed by atoms with Gasteiger partial charge in [-0.2, -0.15) is 0 Å². The van der Waals surface area contributed by atoms with Crippen molar-refractivity contribution in [3.05, 3.63) is 47.5 Å². The van der Waals surface area contributed by atoms with Crippen LogP contribution in [-0.2, 0) is 6.42 Å². The number of rotatable bonds is 9. The number of hydrogen-bond donors (Lipinski definition) is 1. The van der Waals surface area contributed by atoms with E-state index in [1.165, 1.54) is 0 Å². The smallest absolute Gasteiger partial charge is 0.203 e. The fraction of sp³-hybridized carbons (Fsp3) is 0.400. The first kappa shape index (κ1) is 18.9. The second-order valence-electron chi connectivity index (χ2n) is 5.64.